The number of hydrogen-bond donors (Lipinski definition) is 0. The van der Waals surface area contributed by atoms with Gasteiger partial charge >= 0.3 is 0 Å². The number of rotatable bonds is 3. The molecule has 1 saturated heterocycles. The molecular formula is C19H20ClFN4O. The van der Waals surface area contributed by atoms with Gasteiger partial charge in [-0.2, -0.15) is 5.10 Å². The fourth-order valence-corrected chi connectivity index (χ4v) is 3.98. The number of carbonyl (C=O) groups excluding carboxylic acids is 1. The van der Waals surface area contributed by atoms with E-state index in [2.05, 4.69) is 15.1 Å². The summed E-state index contributed by atoms with van der Waals surface area (Å²) in [4.78, 5) is 16.9. The Balaban J connectivity index is 1.39. The van der Waals surface area contributed by atoms with Crippen molar-refractivity contribution >= 4 is 23.3 Å². The molecule has 2 aromatic rings. The smallest absolute Gasteiger partial charge is 0.226 e. The second-order valence-electron chi connectivity index (χ2n) is 6.85. The largest absolute Gasteiger partial charge is 0.352 e. The monoisotopic (exact) mass is 374 g/mol. The van der Waals surface area contributed by atoms with E-state index in [0.29, 0.717) is 23.7 Å². The van der Waals surface area contributed by atoms with Crippen LogP contribution in [0.3, 0.4) is 0 Å². The van der Waals surface area contributed by atoms with Crippen LogP contribution in [0.1, 0.15) is 24.3 Å². The van der Waals surface area contributed by atoms with Crippen molar-refractivity contribution in [2.24, 2.45) is 5.92 Å². The maximum absolute atomic E-state index is 14.2. The fraction of sp³-hybridized carbons (Fsp3) is 0.421. The molecule has 0 N–H and O–H groups in total. The van der Waals surface area contributed by atoms with Gasteiger partial charge in [-0.1, -0.05) is 17.7 Å². The highest BCUT2D eigenvalue weighted by molar-refractivity contribution is 6.30. The Kier molecular flexibility index (Phi) is 4.76. The fourth-order valence-electron chi connectivity index (χ4n) is 3.82. The summed E-state index contributed by atoms with van der Waals surface area (Å²) in [7, 11) is 0. The van der Waals surface area contributed by atoms with E-state index in [4.69, 9.17) is 11.6 Å². The molecule has 7 heteroatoms. The number of halogens is 2. The molecule has 0 spiro atoms. The molecular weight excluding hydrogens is 355 g/mol. The molecule has 1 saturated carbocycles. The van der Waals surface area contributed by atoms with Gasteiger partial charge in [0.2, 0.25) is 5.91 Å². The summed E-state index contributed by atoms with van der Waals surface area (Å²) in [6, 6.07) is 8.53. The third kappa shape index (κ3) is 3.26. The summed E-state index contributed by atoms with van der Waals surface area (Å²) in [6.45, 7) is 2.78. The van der Waals surface area contributed by atoms with Gasteiger partial charge in [0.1, 0.15) is 5.82 Å². The maximum Gasteiger partial charge on any atom is 0.226 e. The van der Waals surface area contributed by atoms with Crippen molar-refractivity contribution in [1.82, 2.24) is 15.1 Å². The van der Waals surface area contributed by atoms with Gasteiger partial charge in [-0.3, -0.25) is 4.79 Å². The van der Waals surface area contributed by atoms with Crippen LogP contribution in [0.25, 0.3) is 0 Å². The molecule has 2 unspecified atom stereocenters. The molecule has 1 aliphatic heterocycles. The van der Waals surface area contributed by atoms with E-state index in [9.17, 15) is 9.18 Å². The van der Waals surface area contributed by atoms with Crippen molar-refractivity contribution in [3.05, 3.63) is 52.9 Å². The first kappa shape index (κ1) is 17.2. The average molecular weight is 375 g/mol. The number of carbonyl (C=O) groups is 1. The van der Waals surface area contributed by atoms with Crippen LogP contribution in [0.15, 0.2) is 36.5 Å². The number of benzene rings is 1. The number of anilines is 1. The van der Waals surface area contributed by atoms with Crippen LogP contribution < -0.4 is 4.90 Å². The van der Waals surface area contributed by atoms with Gasteiger partial charge in [-0.15, -0.1) is 5.10 Å². The van der Waals surface area contributed by atoms with Crippen molar-refractivity contribution in [2.75, 3.05) is 31.1 Å². The molecule has 2 aliphatic rings. The van der Waals surface area contributed by atoms with Gasteiger partial charge in [0.25, 0.3) is 0 Å². The Bertz CT molecular complexity index is 795. The molecule has 1 amide bonds. The Labute approximate surface area is 156 Å². The maximum atomic E-state index is 14.2. The molecule has 5 nitrogen and oxygen atoms in total. The number of piperazine rings is 1. The van der Waals surface area contributed by atoms with Gasteiger partial charge in [0, 0.05) is 43.3 Å². The quantitative estimate of drug-likeness (QED) is 0.828. The Morgan fingerprint density at radius 3 is 2.58 bits per heavy atom. The molecule has 0 bridgehead atoms. The lowest BCUT2D eigenvalue weighted by Gasteiger charge is -2.42. The predicted molar refractivity (Wildman–Crippen MR) is 97.7 cm³/mol. The highest BCUT2D eigenvalue weighted by Gasteiger charge is 2.41. The van der Waals surface area contributed by atoms with E-state index in [0.717, 1.165) is 31.7 Å². The zero-order valence-electron chi connectivity index (χ0n) is 14.3. The van der Waals surface area contributed by atoms with E-state index in [1.807, 2.05) is 17.0 Å². The molecule has 1 aromatic carbocycles. The van der Waals surface area contributed by atoms with E-state index < -0.39 is 0 Å². The van der Waals surface area contributed by atoms with Crippen LogP contribution in [0.4, 0.5) is 10.2 Å². The van der Waals surface area contributed by atoms with E-state index in [-0.39, 0.29) is 23.6 Å². The second kappa shape index (κ2) is 7.19. The molecule has 2 fully saturated rings. The third-order valence-corrected chi connectivity index (χ3v) is 5.66. The molecule has 1 aromatic heterocycles. The standard InChI is InChI=1S/C19H20ClFN4O/c20-13-3-4-15(17(21)12-13)14-5-6-16(14)19(26)25-10-8-24(9-11-25)18-2-1-7-22-23-18/h1-4,7,12,14,16H,5-6,8-11H2. The molecule has 4 rings (SSSR count). The zero-order valence-corrected chi connectivity index (χ0v) is 15.1. The molecule has 2 heterocycles. The van der Waals surface area contributed by atoms with Gasteiger partial charge in [-0.25, -0.2) is 4.39 Å². The molecule has 26 heavy (non-hydrogen) atoms. The van der Waals surface area contributed by atoms with Gasteiger partial charge in [-0.05, 0) is 48.6 Å². The minimum Gasteiger partial charge on any atom is -0.352 e. The van der Waals surface area contributed by atoms with Crippen molar-refractivity contribution in [1.29, 1.82) is 0 Å². The lowest BCUT2D eigenvalue weighted by atomic mass is 9.69. The summed E-state index contributed by atoms with van der Waals surface area (Å²) in [6.07, 6.45) is 3.31. The van der Waals surface area contributed by atoms with Crippen molar-refractivity contribution in [3.63, 3.8) is 0 Å². The van der Waals surface area contributed by atoms with E-state index in [1.165, 1.54) is 6.07 Å². The summed E-state index contributed by atoms with van der Waals surface area (Å²) >= 11 is 5.84. The minimum absolute atomic E-state index is 0.0437. The first-order valence-electron chi connectivity index (χ1n) is 8.90. The lowest BCUT2D eigenvalue weighted by Crippen LogP contribution is -2.52. The SMILES string of the molecule is O=C(C1CCC1c1ccc(Cl)cc1F)N1CCN(c2cccnn2)CC1. The second-order valence-corrected chi connectivity index (χ2v) is 7.29. The van der Waals surface area contributed by atoms with Gasteiger partial charge in [0.05, 0.1) is 0 Å². The van der Waals surface area contributed by atoms with E-state index in [1.54, 1.807) is 18.3 Å². The summed E-state index contributed by atoms with van der Waals surface area (Å²) in [5.41, 5.74) is 0.609. The zero-order chi connectivity index (χ0) is 18.1. The summed E-state index contributed by atoms with van der Waals surface area (Å²) in [5.74, 6) is 0.484. The van der Waals surface area contributed by atoms with Crippen molar-refractivity contribution < 1.29 is 9.18 Å². The third-order valence-electron chi connectivity index (χ3n) is 5.43. The number of nitrogens with zero attached hydrogens (tertiary/aromatic N) is 4. The highest BCUT2D eigenvalue weighted by Crippen LogP contribution is 2.44. The Morgan fingerprint density at radius 1 is 1.15 bits per heavy atom. The van der Waals surface area contributed by atoms with Gasteiger partial charge < -0.3 is 9.80 Å². The van der Waals surface area contributed by atoms with Crippen LogP contribution in [0.5, 0.6) is 0 Å². The van der Waals surface area contributed by atoms with E-state index >= 15 is 0 Å². The molecule has 136 valence electrons. The number of aromatic nitrogens is 2. The minimum atomic E-state index is -0.313. The Morgan fingerprint density at radius 2 is 1.96 bits per heavy atom. The van der Waals surface area contributed by atoms with Crippen LogP contribution in [0, 0.1) is 11.7 Å². The average Bonchev–Trinajstić information content (AvgIpc) is 2.64. The first-order chi connectivity index (χ1) is 12.6. The molecule has 2 atom stereocenters. The van der Waals surface area contributed by atoms with Gasteiger partial charge in [0.15, 0.2) is 5.82 Å². The molecule has 1 aliphatic carbocycles. The topological polar surface area (TPSA) is 49.3 Å². The molecule has 0 radical (unpaired) electrons. The predicted octanol–water partition coefficient (Wildman–Crippen LogP) is 3.11. The number of amides is 1. The Hall–Kier alpha value is -2.21. The first-order valence-corrected chi connectivity index (χ1v) is 9.27. The number of hydrogen-bond acceptors (Lipinski definition) is 4. The van der Waals surface area contributed by atoms with Crippen LogP contribution in [-0.4, -0.2) is 47.2 Å². The normalized spacial score (nSPS) is 22.8. The van der Waals surface area contributed by atoms with Crippen LogP contribution >= 0.6 is 11.6 Å². The summed E-state index contributed by atoms with van der Waals surface area (Å²) < 4.78 is 14.2. The van der Waals surface area contributed by atoms with Crippen LogP contribution in [0.2, 0.25) is 5.02 Å². The summed E-state index contributed by atoms with van der Waals surface area (Å²) in [5, 5.41) is 8.41. The van der Waals surface area contributed by atoms with Crippen LogP contribution in [-0.2, 0) is 4.79 Å². The van der Waals surface area contributed by atoms with Crippen molar-refractivity contribution in [2.45, 2.75) is 18.8 Å². The lowest BCUT2D eigenvalue weighted by molar-refractivity contribution is -0.139. The highest BCUT2D eigenvalue weighted by atomic mass is 35.5. The van der Waals surface area contributed by atoms with Crippen molar-refractivity contribution in [3.8, 4) is 0 Å².